The van der Waals surface area contributed by atoms with Crippen LogP contribution in [-0.2, 0) is 62.2 Å². The lowest BCUT2D eigenvalue weighted by molar-refractivity contribution is -0.154. The van der Waals surface area contributed by atoms with Crippen LogP contribution in [0.2, 0.25) is 0 Å². The molecule has 0 saturated carbocycles. The molecule has 0 aliphatic carbocycles. The fourth-order valence-corrected chi connectivity index (χ4v) is 11.1. The van der Waals surface area contributed by atoms with Crippen LogP contribution >= 0.6 is 0 Å². The maximum Gasteiger partial charge on any atom is 0.338 e. The van der Waals surface area contributed by atoms with E-state index in [1.807, 2.05) is 40.7 Å². The van der Waals surface area contributed by atoms with Crippen molar-refractivity contribution in [3.8, 4) is 0 Å². The molecule has 4 unspecified atom stereocenters. The summed E-state index contributed by atoms with van der Waals surface area (Å²) in [7, 11) is 0. The summed E-state index contributed by atoms with van der Waals surface area (Å²) < 4.78 is 12.8. The topological polar surface area (TPSA) is 283 Å². The molecule has 18 heteroatoms. The van der Waals surface area contributed by atoms with Crippen LogP contribution in [0.15, 0.2) is 47.6 Å². The van der Waals surface area contributed by atoms with Gasteiger partial charge in [-0.1, -0.05) is 223 Å². The van der Waals surface area contributed by atoms with Crippen LogP contribution in [0.1, 0.15) is 292 Å². The third-order valence-electron chi connectivity index (χ3n) is 15.9. The van der Waals surface area contributed by atoms with Crippen molar-refractivity contribution in [2.24, 2.45) is 40.9 Å². The van der Waals surface area contributed by atoms with Gasteiger partial charge in [0.25, 0.3) is 0 Å². The Morgan fingerprint density at radius 2 is 0.744 bits per heavy atom. The zero-order valence-corrected chi connectivity index (χ0v) is 57.2. The first kappa shape index (κ1) is 84.5. The Hall–Kier alpha value is -5.46. The number of carbonyl (C=O) groups excluding carboxylic acids is 10. The molecule has 0 aromatic rings. The number of carbonyl (C=O) groups is 10. The van der Waals surface area contributed by atoms with Crippen molar-refractivity contribution in [3.05, 3.63) is 47.6 Å². The lowest BCUT2D eigenvalue weighted by Crippen LogP contribution is -2.32. The van der Waals surface area contributed by atoms with Crippen molar-refractivity contribution in [1.29, 1.82) is 0 Å². The number of nitrogens with zero attached hydrogens (tertiary/aromatic N) is 2. The molecule has 5 aliphatic heterocycles. The van der Waals surface area contributed by atoms with Crippen molar-refractivity contribution < 1.29 is 62.2 Å². The van der Waals surface area contributed by atoms with Gasteiger partial charge in [-0.15, -0.1) is 6.58 Å². The van der Waals surface area contributed by atoms with Crippen LogP contribution in [-0.4, -0.2) is 102 Å². The summed E-state index contributed by atoms with van der Waals surface area (Å²) in [5.74, 6) is -5.53. The molecule has 4 saturated heterocycles. The summed E-state index contributed by atoms with van der Waals surface area (Å²) in [6, 6.07) is 0. The molecule has 5 heterocycles. The number of nitrogens with two attached hydrogens (primary N) is 3. The predicted molar refractivity (Wildman–Crippen MR) is 357 cm³/mol. The fraction of sp³-hybridized carbons (Fsp3) is 0.750. The SMILES string of the molecule is C=C(C)C.CC.CC(=CC1CC(=O)N(CCCCCCCCCCCCCN)C1=O)CC1CC(=O)N(CCCCCCCCCCCCCN)C1=O.CC(=CC1CC(=O)OC1=O)CC1CC(=O)OC1=O.CCCCCCCCCCCCN.O=C1C=CC(=O)O1. The summed E-state index contributed by atoms with van der Waals surface area (Å²) in [5, 5.41) is 0. The number of ether oxygens (including phenoxy) is 3. The number of likely N-dealkylation sites (tertiary alicyclic amines) is 2. The van der Waals surface area contributed by atoms with E-state index in [9.17, 15) is 47.9 Å². The van der Waals surface area contributed by atoms with Crippen LogP contribution in [0.5, 0.6) is 0 Å². The number of hydrogen-bond acceptors (Lipinski definition) is 16. The molecule has 0 bridgehead atoms. The maximum absolute atomic E-state index is 13.0. The van der Waals surface area contributed by atoms with E-state index >= 15 is 0 Å². The van der Waals surface area contributed by atoms with Crippen LogP contribution in [0.4, 0.5) is 0 Å². The molecule has 6 N–H and O–H groups in total. The third-order valence-corrected chi connectivity index (χ3v) is 15.9. The van der Waals surface area contributed by atoms with Crippen LogP contribution in [0.25, 0.3) is 0 Å². The monoisotopic (exact) mass is 1270 g/mol. The zero-order chi connectivity index (χ0) is 67.3. The minimum absolute atomic E-state index is 0.0320. The highest BCUT2D eigenvalue weighted by Crippen LogP contribution is 2.30. The number of cyclic esters (lactones) is 6. The van der Waals surface area contributed by atoms with E-state index < -0.39 is 53.6 Å². The van der Waals surface area contributed by atoms with E-state index in [0.29, 0.717) is 25.9 Å². The van der Waals surface area contributed by atoms with Gasteiger partial charge in [0, 0.05) is 38.1 Å². The normalized spacial score (nSPS) is 18.7. The minimum atomic E-state index is -0.579. The van der Waals surface area contributed by atoms with Gasteiger partial charge < -0.3 is 31.4 Å². The highest BCUT2D eigenvalue weighted by Gasteiger charge is 2.40. The van der Waals surface area contributed by atoms with Gasteiger partial charge in [0.15, 0.2) is 0 Å². The molecule has 18 nitrogen and oxygen atoms in total. The number of unbranched alkanes of at least 4 members (excludes halogenated alkanes) is 29. The van der Waals surface area contributed by atoms with E-state index in [0.717, 1.165) is 94.3 Å². The van der Waals surface area contributed by atoms with Gasteiger partial charge >= 0.3 is 35.8 Å². The Kier molecular flexibility index (Phi) is 51.9. The van der Waals surface area contributed by atoms with Crippen molar-refractivity contribution in [3.63, 3.8) is 0 Å². The molecule has 0 aromatic heterocycles. The molecule has 0 radical (unpaired) electrons. The average molecular weight is 1270 g/mol. The second kappa shape index (κ2) is 55.2. The van der Waals surface area contributed by atoms with Gasteiger partial charge in [0.2, 0.25) is 23.6 Å². The molecule has 5 aliphatic rings. The molecule has 0 aromatic carbocycles. The quantitative estimate of drug-likeness (QED) is 0.0128. The van der Waals surface area contributed by atoms with E-state index in [4.69, 9.17) is 17.2 Å². The second-order valence-corrected chi connectivity index (χ2v) is 24.8. The lowest BCUT2D eigenvalue weighted by atomic mass is 9.95. The summed E-state index contributed by atoms with van der Waals surface area (Å²) in [6.07, 6.45) is 47.2. The van der Waals surface area contributed by atoms with Crippen molar-refractivity contribution >= 4 is 59.4 Å². The highest BCUT2D eigenvalue weighted by molar-refractivity contribution is 6.06. The summed E-state index contributed by atoms with van der Waals surface area (Å²) in [5.41, 5.74) is 19.4. The Balaban J connectivity index is 0.00000144. The van der Waals surface area contributed by atoms with Crippen LogP contribution in [0.3, 0.4) is 0 Å². The Morgan fingerprint density at radius 1 is 0.422 bits per heavy atom. The van der Waals surface area contributed by atoms with Gasteiger partial charge in [-0.25, -0.2) is 9.59 Å². The molecule has 0 spiro atoms. The van der Waals surface area contributed by atoms with Gasteiger partial charge in [0.1, 0.15) is 0 Å². The number of esters is 6. The molecule has 4 atom stereocenters. The number of hydrogen-bond donors (Lipinski definition) is 3. The minimum Gasteiger partial charge on any atom is -0.393 e. The first-order valence-electron chi connectivity index (χ1n) is 35.0. The Bertz CT molecular complexity index is 2180. The average Bonchev–Trinajstić information content (AvgIpc) is 1.94. The fourth-order valence-electron chi connectivity index (χ4n) is 11.1. The van der Waals surface area contributed by atoms with E-state index in [2.05, 4.69) is 27.7 Å². The third kappa shape index (κ3) is 42.6. The second-order valence-electron chi connectivity index (χ2n) is 24.8. The number of allylic oxidation sites excluding steroid dienone is 3. The van der Waals surface area contributed by atoms with E-state index in [1.54, 1.807) is 13.0 Å². The summed E-state index contributed by atoms with van der Waals surface area (Å²) >= 11 is 0. The Labute approximate surface area is 542 Å². The van der Waals surface area contributed by atoms with E-state index in [1.165, 1.54) is 169 Å². The van der Waals surface area contributed by atoms with E-state index in [-0.39, 0.29) is 55.2 Å². The predicted octanol–water partition coefficient (Wildman–Crippen LogP) is 14.2. The van der Waals surface area contributed by atoms with Crippen molar-refractivity contribution in [2.75, 3.05) is 32.7 Å². The molecule has 514 valence electrons. The standard InChI is InChI=1S/C38H68N4O4.C12H27N.C12H12O6.C4H2O3.C4H8.C2H6/c1-32(28-33-30-35(43)41(37(33)45)26-22-18-14-10-6-2-4-8-12-16-20-24-39)29-34-31-36(44)42(38(34)46)27-23-19-15-11-7-3-5-9-13-17-21-25-40;1-2-3-4-5-6-7-8-9-10-11-12-13;1-6(2-7-4-9(13)17-11(7)15)3-8-5-10(14)18-12(8)16;5-3-1-2-4(6)7-3;1-4(2)3;1-2/h28,33-34H,2-27,29-31,39-40H2,1H3;2-13H2,1H3;2,7-8H,3-5H2,1H3;1-2H;1H2,2-3H3;1-2H3. The zero-order valence-electron chi connectivity index (χ0n) is 57.2. The summed E-state index contributed by atoms with van der Waals surface area (Å²) in [6.45, 7) is 20.9. The molecular weight excluding hydrogens is 1140 g/mol. The van der Waals surface area contributed by atoms with Crippen molar-refractivity contribution in [2.45, 2.75) is 292 Å². The van der Waals surface area contributed by atoms with Gasteiger partial charge in [-0.2, -0.15) is 0 Å². The first-order valence-corrected chi connectivity index (χ1v) is 35.0. The number of amides is 4. The number of rotatable bonds is 42. The molecule has 90 heavy (non-hydrogen) atoms. The van der Waals surface area contributed by atoms with Crippen LogP contribution < -0.4 is 17.2 Å². The highest BCUT2D eigenvalue weighted by atomic mass is 16.6. The summed E-state index contributed by atoms with van der Waals surface area (Å²) in [4.78, 5) is 118. The Morgan fingerprint density at radius 3 is 1.08 bits per heavy atom. The smallest absolute Gasteiger partial charge is 0.338 e. The maximum atomic E-state index is 13.0. The van der Waals surface area contributed by atoms with Gasteiger partial charge in [0.05, 0.1) is 36.5 Å². The van der Waals surface area contributed by atoms with Gasteiger partial charge in [-0.3, -0.25) is 48.2 Å². The first-order chi connectivity index (χ1) is 43.3. The van der Waals surface area contributed by atoms with Crippen molar-refractivity contribution in [1.82, 2.24) is 9.80 Å². The lowest BCUT2D eigenvalue weighted by Gasteiger charge is -2.16. The molecular formula is C72H123N5O13. The molecule has 4 fully saturated rings. The molecule has 5 rings (SSSR count). The number of imide groups is 2. The largest absolute Gasteiger partial charge is 0.393 e. The van der Waals surface area contributed by atoms with Gasteiger partial charge in [-0.05, 0) is 92.3 Å². The van der Waals surface area contributed by atoms with Crippen LogP contribution in [0, 0.1) is 23.7 Å². The molecule has 4 amide bonds.